The van der Waals surface area contributed by atoms with Crippen LogP contribution < -0.4 is 0 Å². The molecule has 0 aromatic heterocycles. The third-order valence-electron chi connectivity index (χ3n) is 4.51. The molecule has 2 aliphatic carbocycles. The molecule has 2 fully saturated rings. The fourth-order valence-corrected chi connectivity index (χ4v) is 6.51. The lowest BCUT2D eigenvalue weighted by molar-refractivity contribution is 0.168. The van der Waals surface area contributed by atoms with Gasteiger partial charge in [0.2, 0.25) is 0 Å². The highest BCUT2D eigenvalue weighted by Crippen LogP contribution is 2.69. The van der Waals surface area contributed by atoms with Gasteiger partial charge in [-0.1, -0.05) is 0 Å². The van der Waals surface area contributed by atoms with Crippen LogP contribution in [0.5, 0.6) is 0 Å². The molecule has 2 rings (SSSR count). The fraction of sp³-hybridized carbons (Fsp3) is 1.00. The Labute approximate surface area is 116 Å². The molecule has 0 saturated heterocycles. The molecule has 0 aromatic rings. The Morgan fingerprint density at radius 3 is 2.00 bits per heavy atom. The van der Waals surface area contributed by atoms with Crippen LogP contribution in [0.2, 0.25) is 0 Å². The van der Waals surface area contributed by atoms with Gasteiger partial charge in [0.05, 0.1) is 10.8 Å². The van der Waals surface area contributed by atoms with Gasteiger partial charge >= 0.3 is 0 Å². The maximum Gasteiger partial charge on any atom is 0.0576 e. The van der Waals surface area contributed by atoms with Crippen LogP contribution in [0.15, 0.2) is 0 Å². The molecule has 0 N–H and O–H groups in total. The van der Waals surface area contributed by atoms with Crippen LogP contribution in [0.1, 0.15) is 12.8 Å². The van der Waals surface area contributed by atoms with Crippen molar-refractivity contribution in [1.29, 1.82) is 0 Å². The predicted molar refractivity (Wildman–Crippen MR) is 69.0 cm³/mol. The largest absolute Gasteiger partial charge is 0.126 e. The van der Waals surface area contributed by atoms with E-state index >= 15 is 0 Å². The second kappa shape index (κ2) is 4.28. The number of fused-ring (bicyclic) bond motifs is 2. The van der Waals surface area contributed by atoms with E-state index in [-0.39, 0.29) is 21.6 Å². The topological polar surface area (TPSA) is 0 Å². The standard InChI is InChI=1S/C10H13Cl5/c11-3-9-2-1-6(7(14)8(9)15)10(9,4-12)5-13/h6-8H,1-5H2. The molecule has 4 atom stereocenters. The summed E-state index contributed by atoms with van der Waals surface area (Å²) in [7, 11) is 0. The summed E-state index contributed by atoms with van der Waals surface area (Å²) in [5.41, 5.74) is -0.340. The zero-order valence-corrected chi connectivity index (χ0v) is 11.9. The second-order valence-corrected chi connectivity index (χ2v) is 6.48. The summed E-state index contributed by atoms with van der Waals surface area (Å²) >= 11 is 31.2. The number of rotatable bonds is 3. The minimum atomic E-state index is -0.170. The molecule has 15 heavy (non-hydrogen) atoms. The highest BCUT2D eigenvalue weighted by molar-refractivity contribution is 6.32. The number of hydrogen-bond acceptors (Lipinski definition) is 0. The highest BCUT2D eigenvalue weighted by Gasteiger charge is 2.70. The lowest BCUT2D eigenvalue weighted by atomic mass is 9.70. The first-order valence-corrected chi connectivity index (χ1v) is 7.53. The lowest BCUT2D eigenvalue weighted by Gasteiger charge is -2.41. The summed E-state index contributed by atoms with van der Waals surface area (Å²) in [5.74, 6) is 1.82. The monoisotopic (exact) mass is 308 g/mol. The van der Waals surface area contributed by atoms with E-state index in [4.69, 9.17) is 58.0 Å². The van der Waals surface area contributed by atoms with Crippen molar-refractivity contribution in [3.05, 3.63) is 0 Å². The molecule has 0 aliphatic heterocycles. The first-order chi connectivity index (χ1) is 7.09. The molecule has 0 spiro atoms. The summed E-state index contributed by atoms with van der Waals surface area (Å²) in [4.78, 5) is 0. The van der Waals surface area contributed by atoms with Crippen LogP contribution in [-0.2, 0) is 0 Å². The van der Waals surface area contributed by atoms with Gasteiger partial charge in [0.25, 0.3) is 0 Å². The third kappa shape index (κ3) is 1.35. The van der Waals surface area contributed by atoms with Crippen molar-refractivity contribution in [2.24, 2.45) is 16.7 Å². The van der Waals surface area contributed by atoms with E-state index in [0.29, 0.717) is 23.6 Å². The molecule has 0 nitrogen and oxygen atoms in total. The normalized spacial score (nSPS) is 47.4. The van der Waals surface area contributed by atoms with Gasteiger partial charge in [0.15, 0.2) is 0 Å². The quantitative estimate of drug-likeness (QED) is 0.681. The zero-order chi connectivity index (χ0) is 11.3. The predicted octanol–water partition coefficient (Wildman–Crippen LogP) is 4.31. The Morgan fingerprint density at radius 2 is 1.60 bits per heavy atom. The molecular formula is C10H13Cl5. The lowest BCUT2D eigenvalue weighted by Crippen LogP contribution is -2.44. The zero-order valence-electron chi connectivity index (χ0n) is 8.16. The van der Waals surface area contributed by atoms with Crippen molar-refractivity contribution >= 4 is 58.0 Å². The van der Waals surface area contributed by atoms with Crippen molar-refractivity contribution in [3.63, 3.8) is 0 Å². The second-order valence-electron chi connectivity index (χ2n) is 4.70. The van der Waals surface area contributed by atoms with Crippen molar-refractivity contribution in [2.45, 2.75) is 23.6 Å². The average Bonchev–Trinajstić information content (AvgIpc) is 2.69. The van der Waals surface area contributed by atoms with Crippen LogP contribution in [0.4, 0.5) is 0 Å². The minimum absolute atomic E-state index is 0.0448. The molecular weight excluding hydrogens is 297 g/mol. The van der Waals surface area contributed by atoms with E-state index < -0.39 is 0 Å². The summed E-state index contributed by atoms with van der Waals surface area (Å²) in [6, 6.07) is 0. The Morgan fingerprint density at radius 1 is 1.00 bits per heavy atom. The smallest absolute Gasteiger partial charge is 0.0576 e. The molecule has 2 bridgehead atoms. The van der Waals surface area contributed by atoms with Gasteiger partial charge in [-0.25, -0.2) is 0 Å². The van der Waals surface area contributed by atoms with Crippen molar-refractivity contribution < 1.29 is 0 Å². The molecule has 4 unspecified atom stereocenters. The van der Waals surface area contributed by atoms with Crippen LogP contribution in [0, 0.1) is 16.7 Å². The van der Waals surface area contributed by atoms with E-state index in [2.05, 4.69) is 0 Å². The Hall–Kier alpha value is 1.45. The van der Waals surface area contributed by atoms with E-state index in [1.54, 1.807) is 0 Å². The van der Waals surface area contributed by atoms with E-state index in [1.807, 2.05) is 0 Å². The first kappa shape index (κ1) is 12.9. The van der Waals surface area contributed by atoms with Crippen LogP contribution >= 0.6 is 58.0 Å². The van der Waals surface area contributed by atoms with Crippen molar-refractivity contribution in [1.82, 2.24) is 0 Å². The molecule has 2 saturated carbocycles. The SMILES string of the molecule is ClCC12CCC(C(Cl)C1Cl)C2(CCl)CCl. The van der Waals surface area contributed by atoms with E-state index in [1.165, 1.54) is 0 Å². The van der Waals surface area contributed by atoms with Gasteiger partial charge in [-0.3, -0.25) is 0 Å². The van der Waals surface area contributed by atoms with E-state index in [9.17, 15) is 0 Å². The molecule has 5 heteroatoms. The number of halogens is 5. The van der Waals surface area contributed by atoms with Gasteiger partial charge in [0, 0.05) is 28.5 Å². The maximum atomic E-state index is 6.42. The number of alkyl halides is 5. The average molecular weight is 310 g/mol. The number of hydrogen-bond donors (Lipinski definition) is 0. The van der Waals surface area contributed by atoms with Crippen LogP contribution in [0.3, 0.4) is 0 Å². The summed E-state index contributed by atoms with van der Waals surface area (Å²) in [6.45, 7) is 0. The molecule has 0 aromatic carbocycles. The van der Waals surface area contributed by atoms with E-state index in [0.717, 1.165) is 12.8 Å². The molecule has 0 amide bonds. The van der Waals surface area contributed by atoms with Gasteiger partial charge in [-0.2, -0.15) is 0 Å². The van der Waals surface area contributed by atoms with Gasteiger partial charge < -0.3 is 0 Å². The minimum Gasteiger partial charge on any atom is -0.126 e. The van der Waals surface area contributed by atoms with Crippen molar-refractivity contribution in [3.8, 4) is 0 Å². The van der Waals surface area contributed by atoms with Gasteiger partial charge in [-0.05, 0) is 18.8 Å². The Kier molecular flexibility index (Phi) is 3.68. The fourth-order valence-electron chi connectivity index (χ4n) is 3.47. The Bertz CT molecular complexity index is 247. The molecule has 0 radical (unpaired) electrons. The molecule has 0 heterocycles. The third-order valence-corrected chi connectivity index (χ3v) is 7.32. The summed E-state index contributed by atoms with van der Waals surface area (Å²) < 4.78 is 0. The highest BCUT2D eigenvalue weighted by atomic mass is 35.5. The first-order valence-electron chi connectivity index (χ1n) is 5.05. The summed E-state index contributed by atoms with van der Waals surface area (Å²) in [5, 5.41) is -0.149. The van der Waals surface area contributed by atoms with Crippen LogP contribution in [0.25, 0.3) is 0 Å². The molecule has 2 aliphatic rings. The maximum absolute atomic E-state index is 6.42. The van der Waals surface area contributed by atoms with Crippen molar-refractivity contribution in [2.75, 3.05) is 17.6 Å². The summed E-state index contributed by atoms with van der Waals surface area (Å²) in [6.07, 6.45) is 2.04. The molecule has 88 valence electrons. The Balaban J connectivity index is 2.47. The van der Waals surface area contributed by atoms with Crippen LogP contribution in [-0.4, -0.2) is 28.4 Å². The van der Waals surface area contributed by atoms with Gasteiger partial charge in [-0.15, -0.1) is 58.0 Å². The van der Waals surface area contributed by atoms with Gasteiger partial charge in [0.1, 0.15) is 0 Å².